The van der Waals surface area contributed by atoms with E-state index in [1.807, 2.05) is 0 Å². The number of allylic oxidation sites excluding steroid dienone is 2. The topological polar surface area (TPSA) is 41.1 Å². The predicted octanol–water partition coefficient (Wildman–Crippen LogP) is 0.586. The molecular formula is C11H15BF2N2O. The normalized spacial score (nSPS) is 25.5. The number of halogens is 2. The van der Waals surface area contributed by atoms with Gasteiger partial charge in [0.15, 0.2) is 0 Å². The smallest absolute Gasteiger partial charge is 0.257 e. The molecule has 1 rings (SSSR count). The third-order valence-electron chi connectivity index (χ3n) is 2.68. The number of nitrogens with one attached hydrogen (secondary N) is 2. The van der Waals surface area contributed by atoms with Gasteiger partial charge in [0, 0.05) is 26.6 Å². The van der Waals surface area contributed by atoms with E-state index in [1.54, 1.807) is 7.05 Å². The molecule has 0 spiro atoms. The number of hydrogen-bond donors (Lipinski definition) is 2. The second-order valence-electron chi connectivity index (χ2n) is 3.96. The quantitative estimate of drug-likeness (QED) is 0.327. The summed E-state index contributed by atoms with van der Waals surface area (Å²) in [6, 6.07) is 0. The number of aldehydes is 1. The lowest BCUT2D eigenvalue weighted by Gasteiger charge is -2.32. The molecule has 0 aromatic rings. The highest BCUT2D eigenvalue weighted by molar-refractivity contribution is 6.32. The van der Waals surface area contributed by atoms with E-state index in [4.69, 9.17) is 7.85 Å². The number of alkyl halides is 2. The van der Waals surface area contributed by atoms with E-state index >= 15 is 0 Å². The Morgan fingerprint density at radius 1 is 1.59 bits per heavy atom. The highest BCUT2D eigenvalue weighted by atomic mass is 19.3. The van der Waals surface area contributed by atoms with Crippen LogP contribution < -0.4 is 10.6 Å². The fourth-order valence-corrected chi connectivity index (χ4v) is 1.82. The predicted molar refractivity (Wildman–Crippen MR) is 63.0 cm³/mol. The van der Waals surface area contributed by atoms with Gasteiger partial charge in [-0.15, -0.1) is 0 Å². The van der Waals surface area contributed by atoms with Gasteiger partial charge in [0.2, 0.25) is 0 Å². The zero-order valence-electron chi connectivity index (χ0n) is 9.67. The van der Waals surface area contributed by atoms with Gasteiger partial charge in [0.1, 0.15) is 14.1 Å². The lowest BCUT2D eigenvalue weighted by Crippen LogP contribution is -2.45. The summed E-state index contributed by atoms with van der Waals surface area (Å²) in [5.74, 6) is -3.75. The lowest BCUT2D eigenvalue weighted by molar-refractivity contribution is -0.104. The molecule has 1 atom stereocenters. The van der Waals surface area contributed by atoms with Crippen molar-refractivity contribution in [3.63, 3.8) is 0 Å². The summed E-state index contributed by atoms with van der Waals surface area (Å²) in [7, 11) is 6.97. The molecular weight excluding hydrogens is 225 g/mol. The molecule has 0 bridgehead atoms. The minimum Gasteiger partial charge on any atom is -0.394 e. The van der Waals surface area contributed by atoms with E-state index in [9.17, 15) is 13.6 Å². The van der Waals surface area contributed by atoms with Gasteiger partial charge in [-0.3, -0.25) is 4.79 Å². The summed E-state index contributed by atoms with van der Waals surface area (Å²) >= 11 is 0. The average Bonchev–Trinajstić information content (AvgIpc) is 2.28. The van der Waals surface area contributed by atoms with Gasteiger partial charge in [-0.1, -0.05) is 11.5 Å². The molecule has 1 fully saturated rings. The van der Waals surface area contributed by atoms with Crippen molar-refractivity contribution in [2.24, 2.45) is 5.92 Å². The molecule has 1 saturated heterocycles. The Hall–Kier alpha value is -1.17. The number of piperidine rings is 1. The van der Waals surface area contributed by atoms with Crippen molar-refractivity contribution >= 4 is 14.1 Å². The molecule has 1 aliphatic heterocycles. The molecule has 92 valence electrons. The van der Waals surface area contributed by atoms with Crippen LogP contribution in [0.1, 0.15) is 6.42 Å². The van der Waals surface area contributed by atoms with E-state index in [0.29, 0.717) is 18.4 Å². The van der Waals surface area contributed by atoms with Gasteiger partial charge < -0.3 is 10.6 Å². The van der Waals surface area contributed by atoms with Crippen LogP contribution in [0.3, 0.4) is 0 Å². The number of carbonyl (C=O) groups is 1. The van der Waals surface area contributed by atoms with Gasteiger partial charge >= 0.3 is 0 Å². The Morgan fingerprint density at radius 2 is 2.29 bits per heavy atom. The molecule has 3 nitrogen and oxygen atoms in total. The fraction of sp³-hybridized carbons (Fsp3) is 0.545. The van der Waals surface area contributed by atoms with Crippen LogP contribution in [0, 0.1) is 5.92 Å². The molecule has 1 aliphatic rings. The first-order valence-electron chi connectivity index (χ1n) is 5.39. The van der Waals surface area contributed by atoms with Gasteiger partial charge in [-0.25, -0.2) is 8.78 Å². The second kappa shape index (κ2) is 5.96. The van der Waals surface area contributed by atoms with Crippen LogP contribution in [-0.4, -0.2) is 40.2 Å². The maximum absolute atomic E-state index is 13.7. The monoisotopic (exact) mass is 240 g/mol. The van der Waals surface area contributed by atoms with Crippen LogP contribution in [-0.2, 0) is 4.79 Å². The van der Waals surface area contributed by atoms with E-state index in [-0.39, 0.29) is 18.4 Å². The molecule has 6 heteroatoms. The van der Waals surface area contributed by atoms with Crippen LogP contribution in [0.2, 0.25) is 0 Å². The Morgan fingerprint density at radius 3 is 2.82 bits per heavy atom. The van der Waals surface area contributed by atoms with Crippen molar-refractivity contribution in [2.75, 3.05) is 20.1 Å². The number of hydrogen-bond acceptors (Lipinski definition) is 3. The van der Waals surface area contributed by atoms with Crippen molar-refractivity contribution < 1.29 is 13.6 Å². The van der Waals surface area contributed by atoms with Crippen LogP contribution in [0.5, 0.6) is 0 Å². The fourth-order valence-electron chi connectivity index (χ4n) is 1.82. The molecule has 1 unspecified atom stereocenters. The largest absolute Gasteiger partial charge is 0.394 e. The lowest BCUT2D eigenvalue weighted by atomic mass is 9.84. The first-order chi connectivity index (χ1) is 8.01. The molecule has 0 saturated carbocycles. The van der Waals surface area contributed by atoms with E-state index in [1.165, 1.54) is 12.3 Å². The Balaban J connectivity index is 2.98. The first-order valence-corrected chi connectivity index (χ1v) is 5.39. The summed E-state index contributed by atoms with van der Waals surface area (Å²) in [6.07, 6.45) is 2.96. The average molecular weight is 240 g/mol. The van der Waals surface area contributed by atoms with Crippen LogP contribution >= 0.6 is 0 Å². The molecule has 0 aromatic carbocycles. The third kappa shape index (κ3) is 3.66. The SMILES string of the molecule is [B]/C(C=O)=C/C(=C\NC)C1CNCCC1(F)F. The summed E-state index contributed by atoms with van der Waals surface area (Å²) in [6.45, 7) is 0.465. The van der Waals surface area contributed by atoms with E-state index < -0.39 is 11.8 Å². The van der Waals surface area contributed by atoms with Crippen molar-refractivity contribution in [3.8, 4) is 0 Å². The molecule has 17 heavy (non-hydrogen) atoms. The minimum absolute atomic E-state index is 0.0622. The Labute approximate surface area is 101 Å². The van der Waals surface area contributed by atoms with Crippen LogP contribution in [0.15, 0.2) is 23.3 Å². The number of rotatable bonds is 4. The van der Waals surface area contributed by atoms with Crippen molar-refractivity contribution in [2.45, 2.75) is 12.3 Å². The minimum atomic E-state index is -2.78. The second-order valence-corrected chi connectivity index (χ2v) is 3.96. The highest BCUT2D eigenvalue weighted by Crippen LogP contribution is 2.35. The van der Waals surface area contributed by atoms with Crippen molar-refractivity contribution in [1.29, 1.82) is 0 Å². The van der Waals surface area contributed by atoms with Gasteiger partial charge in [-0.2, -0.15) is 0 Å². The van der Waals surface area contributed by atoms with Gasteiger partial charge in [-0.05, 0) is 11.8 Å². The maximum atomic E-state index is 13.7. The van der Waals surface area contributed by atoms with E-state index in [0.717, 1.165) is 0 Å². The maximum Gasteiger partial charge on any atom is 0.257 e. The zero-order chi connectivity index (χ0) is 12.9. The molecule has 0 aromatic heterocycles. The van der Waals surface area contributed by atoms with Crippen LogP contribution in [0.25, 0.3) is 0 Å². The molecule has 0 amide bonds. The van der Waals surface area contributed by atoms with Crippen LogP contribution in [0.4, 0.5) is 8.78 Å². The molecule has 2 radical (unpaired) electrons. The zero-order valence-corrected chi connectivity index (χ0v) is 9.67. The molecule has 1 heterocycles. The molecule has 2 N–H and O–H groups in total. The summed E-state index contributed by atoms with van der Waals surface area (Å²) < 4.78 is 27.5. The molecule has 0 aliphatic carbocycles. The summed E-state index contributed by atoms with van der Waals surface area (Å²) in [5, 5.41) is 5.61. The summed E-state index contributed by atoms with van der Waals surface area (Å²) in [5.41, 5.74) is 0.266. The van der Waals surface area contributed by atoms with Gasteiger partial charge in [0.05, 0.1) is 5.92 Å². The van der Waals surface area contributed by atoms with E-state index in [2.05, 4.69) is 10.6 Å². The van der Waals surface area contributed by atoms with Crippen molar-refractivity contribution in [3.05, 3.63) is 23.3 Å². The number of carbonyl (C=O) groups excluding carboxylic acids is 1. The van der Waals surface area contributed by atoms with Crippen molar-refractivity contribution in [1.82, 2.24) is 10.6 Å². The Bertz CT molecular complexity index is 342. The highest BCUT2D eigenvalue weighted by Gasteiger charge is 2.42. The van der Waals surface area contributed by atoms with Gasteiger partial charge in [0.25, 0.3) is 5.92 Å². The third-order valence-corrected chi connectivity index (χ3v) is 2.68. The summed E-state index contributed by atoms with van der Waals surface area (Å²) in [4.78, 5) is 10.4. The first kappa shape index (κ1) is 13.9. The Kier molecular flexibility index (Phi) is 4.87. The standard InChI is InChI=1S/C11H15BF2N2O/c1-15-5-8(4-9(12)7-17)10-6-16-3-2-11(10,13)14/h4-5,7,10,15-16H,2-3,6H2,1H3/b8-5+,9-4+.